The monoisotopic (exact) mass is 312 g/mol. The van der Waals surface area contributed by atoms with Crippen molar-refractivity contribution in [2.24, 2.45) is 7.05 Å². The first-order valence-electron chi connectivity index (χ1n) is 8.27. The van der Waals surface area contributed by atoms with Gasteiger partial charge in [0.1, 0.15) is 12.9 Å². The lowest BCUT2D eigenvalue weighted by molar-refractivity contribution is -0.660. The van der Waals surface area contributed by atoms with Crippen LogP contribution in [-0.2, 0) is 13.5 Å². The average molecular weight is 312 g/mol. The van der Waals surface area contributed by atoms with Gasteiger partial charge in [0.2, 0.25) is 5.69 Å². The molecule has 3 nitrogen and oxygen atoms in total. The van der Waals surface area contributed by atoms with Crippen LogP contribution in [0, 0.1) is 6.92 Å². The first-order valence-corrected chi connectivity index (χ1v) is 8.27. The van der Waals surface area contributed by atoms with E-state index in [1.165, 1.54) is 33.6 Å². The zero-order chi connectivity index (χ0) is 16.3. The molecule has 24 heavy (non-hydrogen) atoms. The second-order valence-electron chi connectivity index (χ2n) is 6.52. The Morgan fingerprint density at radius 1 is 1.04 bits per heavy atom. The van der Waals surface area contributed by atoms with Gasteiger partial charge in [-0.3, -0.25) is 4.57 Å². The highest BCUT2D eigenvalue weighted by Crippen LogP contribution is 2.35. The molecule has 1 aliphatic rings. The molecule has 0 saturated carbocycles. The Morgan fingerprint density at radius 2 is 1.88 bits per heavy atom. The largest absolute Gasteiger partial charge is 0.296 e. The third-order valence-electron chi connectivity index (χ3n) is 4.98. The predicted octanol–water partition coefficient (Wildman–Crippen LogP) is 3.73. The Balaban J connectivity index is 1.79. The fourth-order valence-electron chi connectivity index (χ4n) is 3.82. The molecule has 2 aromatic carbocycles. The van der Waals surface area contributed by atoms with Crippen molar-refractivity contribution in [1.82, 2.24) is 9.55 Å². The van der Waals surface area contributed by atoms with Crippen LogP contribution < -0.4 is 4.57 Å². The molecule has 0 bridgehead atoms. The minimum atomic E-state index is 0.909. The summed E-state index contributed by atoms with van der Waals surface area (Å²) in [5.74, 6) is 1.14. The quantitative estimate of drug-likeness (QED) is 0.432. The van der Waals surface area contributed by atoms with Gasteiger partial charge in [-0.25, -0.2) is 9.55 Å². The molecule has 0 amide bonds. The Bertz CT molecular complexity index is 1110. The van der Waals surface area contributed by atoms with Crippen LogP contribution in [0.15, 0.2) is 60.8 Å². The normalized spacial score (nSPS) is 12.4. The summed E-state index contributed by atoms with van der Waals surface area (Å²) >= 11 is 0. The highest BCUT2D eigenvalue weighted by atomic mass is 15.1. The smallest absolute Gasteiger partial charge is 0.212 e. The van der Waals surface area contributed by atoms with Gasteiger partial charge in [0.25, 0.3) is 0 Å². The molecule has 0 aliphatic carbocycles. The molecule has 0 atom stereocenters. The second kappa shape index (κ2) is 4.78. The molecule has 0 radical (unpaired) electrons. The van der Waals surface area contributed by atoms with Crippen molar-refractivity contribution in [3.63, 3.8) is 0 Å². The number of hydrogen-bond acceptors (Lipinski definition) is 1. The fourth-order valence-corrected chi connectivity index (χ4v) is 3.82. The molecule has 3 heterocycles. The van der Waals surface area contributed by atoms with Crippen molar-refractivity contribution >= 4 is 11.0 Å². The minimum Gasteiger partial charge on any atom is -0.296 e. The highest BCUT2D eigenvalue weighted by molar-refractivity contribution is 5.81. The number of benzene rings is 2. The first-order chi connectivity index (χ1) is 11.7. The number of fused-ring (bicyclic) bond motifs is 5. The summed E-state index contributed by atoms with van der Waals surface area (Å²) in [5.41, 5.74) is 8.72. The number of aromatic nitrogens is 3. The van der Waals surface area contributed by atoms with Crippen LogP contribution in [0.2, 0.25) is 0 Å². The lowest BCUT2D eigenvalue weighted by Crippen LogP contribution is -2.30. The van der Waals surface area contributed by atoms with Crippen LogP contribution in [0.1, 0.15) is 17.0 Å². The SMILES string of the molecule is Cc1cc2c(cc1-c1cccc[n+]1C)-n1c(nc3ccccc31)C2. The number of aryl methyl sites for hydroxylation is 2. The van der Waals surface area contributed by atoms with E-state index in [1.807, 2.05) is 0 Å². The lowest BCUT2D eigenvalue weighted by Gasteiger charge is -2.10. The molecular weight excluding hydrogens is 294 g/mol. The van der Waals surface area contributed by atoms with Crippen LogP contribution in [0.4, 0.5) is 0 Å². The van der Waals surface area contributed by atoms with Gasteiger partial charge < -0.3 is 0 Å². The Morgan fingerprint density at radius 3 is 2.75 bits per heavy atom. The van der Waals surface area contributed by atoms with E-state index in [9.17, 15) is 0 Å². The van der Waals surface area contributed by atoms with E-state index in [4.69, 9.17) is 4.98 Å². The van der Waals surface area contributed by atoms with Crippen LogP contribution in [-0.4, -0.2) is 9.55 Å². The van der Waals surface area contributed by atoms with Gasteiger partial charge in [-0.2, -0.15) is 0 Å². The van der Waals surface area contributed by atoms with Gasteiger partial charge in [-0.15, -0.1) is 0 Å². The fraction of sp³-hybridized carbons (Fsp3) is 0.143. The van der Waals surface area contributed by atoms with E-state index in [1.54, 1.807) is 0 Å². The van der Waals surface area contributed by atoms with Gasteiger partial charge >= 0.3 is 0 Å². The summed E-state index contributed by atoms with van der Waals surface area (Å²) in [6.07, 6.45) is 3.01. The van der Waals surface area contributed by atoms with Crippen LogP contribution in [0.5, 0.6) is 0 Å². The number of hydrogen-bond donors (Lipinski definition) is 0. The van der Waals surface area contributed by atoms with Crippen LogP contribution in [0.25, 0.3) is 28.0 Å². The third-order valence-corrected chi connectivity index (χ3v) is 4.98. The lowest BCUT2D eigenvalue weighted by atomic mass is 9.99. The highest BCUT2D eigenvalue weighted by Gasteiger charge is 2.25. The molecule has 3 heteroatoms. The average Bonchev–Trinajstić information content (AvgIpc) is 3.10. The third kappa shape index (κ3) is 1.78. The summed E-state index contributed by atoms with van der Waals surface area (Å²) in [6.45, 7) is 2.20. The number of imidazole rings is 1. The molecule has 2 aromatic heterocycles. The van der Waals surface area contributed by atoms with E-state index in [0.29, 0.717) is 0 Å². The molecular formula is C21H18N3+. The van der Waals surface area contributed by atoms with Gasteiger partial charge in [-0.05, 0) is 42.3 Å². The standard InChI is InChI=1S/C21H18N3/c1-14-11-15-12-21-22-17-7-3-4-9-19(17)24(21)20(15)13-16(14)18-8-5-6-10-23(18)2/h3-11,13H,12H2,1-2H3/q+1. The van der Waals surface area contributed by atoms with E-state index in [-0.39, 0.29) is 0 Å². The Kier molecular flexibility index (Phi) is 2.69. The molecule has 0 saturated heterocycles. The molecule has 1 aliphatic heterocycles. The molecule has 0 unspecified atom stereocenters. The maximum atomic E-state index is 4.82. The second-order valence-corrected chi connectivity index (χ2v) is 6.52. The molecule has 4 aromatic rings. The summed E-state index contributed by atoms with van der Waals surface area (Å²) in [6, 6.07) is 19.4. The van der Waals surface area contributed by atoms with Crippen molar-refractivity contribution in [1.29, 1.82) is 0 Å². The summed E-state index contributed by atoms with van der Waals surface area (Å²) in [5, 5.41) is 0. The number of pyridine rings is 1. The van der Waals surface area contributed by atoms with E-state index in [0.717, 1.165) is 17.8 Å². The Hall–Kier alpha value is -2.94. The first kappa shape index (κ1) is 13.5. The van der Waals surface area contributed by atoms with Crippen LogP contribution in [0.3, 0.4) is 0 Å². The zero-order valence-electron chi connectivity index (χ0n) is 13.8. The maximum absolute atomic E-state index is 4.82. The van der Waals surface area contributed by atoms with Gasteiger partial charge in [0.15, 0.2) is 6.20 Å². The summed E-state index contributed by atoms with van der Waals surface area (Å²) in [4.78, 5) is 4.82. The van der Waals surface area contributed by atoms with Crippen molar-refractivity contribution < 1.29 is 4.57 Å². The molecule has 0 spiro atoms. The predicted molar refractivity (Wildman–Crippen MR) is 95.2 cm³/mol. The Labute approximate surface area is 140 Å². The molecule has 0 fully saturated rings. The van der Waals surface area contributed by atoms with E-state index < -0.39 is 0 Å². The van der Waals surface area contributed by atoms with Crippen molar-refractivity contribution in [2.45, 2.75) is 13.3 Å². The molecule has 0 N–H and O–H groups in total. The number of nitrogens with zero attached hydrogens (tertiary/aromatic N) is 3. The molecule has 5 rings (SSSR count). The summed E-state index contributed by atoms with van der Waals surface area (Å²) < 4.78 is 4.49. The number of rotatable bonds is 1. The van der Waals surface area contributed by atoms with Crippen molar-refractivity contribution in [2.75, 3.05) is 0 Å². The van der Waals surface area contributed by atoms with Gasteiger partial charge in [0.05, 0.1) is 22.3 Å². The van der Waals surface area contributed by atoms with E-state index >= 15 is 0 Å². The maximum Gasteiger partial charge on any atom is 0.212 e. The van der Waals surface area contributed by atoms with E-state index in [2.05, 4.69) is 83.9 Å². The topological polar surface area (TPSA) is 21.7 Å². The summed E-state index contributed by atoms with van der Waals surface area (Å²) in [7, 11) is 2.10. The van der Waals surface area contributed by atoms with Gasteiger partial charge in [-0.1, -0.05) is 18.2 Å². The van der Waals surface area contributed by atoms with Crippen molar-refractivity contribution in [3.8, 4) is 16.9 Å². The van der Waals surface area contributed by atoms with Crippen LogP contribution >= 0.6 is 0 Å². The number of para-hydroxylation sites is 2. The zero-order valence-corrected chi connectivity index (χ0v) is 13.8. The minimum absolute atomic E-state index is 0.909. The van der Waals surface area contributed by atoms with Crippen molar-refractivity contribution in [3.05, 3.63) is 77.7 Å². The molecule has 116 valence electrons. The van der Waals surface area contributed by atoms with Gasteiger partial charge in [0, 0.05) is 18.6 Å².